The smallest absolute Gasteiger partial charge is 0.137 e. The van der Waals surface area contributed by atoms with Gasteiger partial charge in [0.05, 0.1) is 12.0 Å². The number of nitrogens with zero attached hydrogens (tertiary/aromatic N) is 1. The van der Waals surface area contributed by atoms with Crippen molar-refractivity contribution in [1.29, 1.82) is 0 Å². The van der Waals surface area contributed by atoms with Crippen molar-refractivity contribution >= 4 is 5.78 Å². The SMILES string of the molecule is CC(=O)[C@H](CN1CC[C@@](C)(c2cccc(C)c2)[C@@H](C)C1)[C@@H](O)c1ccccc1. The molecule has 1 aliphatic heterocycles. The Labute approximate surface area is 169 Å². The van der Waals surface area contributed by atoms with E-state index in [-0.39, 0.29) is 11.2 Å². The Kier molecular flexibility index (Phi) is 6.36. The molecule has 0 radical (unpaired) electrons. The molecular weight excluding hydrogens is 346 g/mol. The summed E-state index contributed by atoms with van der Waals surface area (Å²) in [5.74, 6) is 0.137. The van der Waals surface area contributed by atoms with E-state index in [9.17, 15) is 9.90 Å². The van der Waals surface area contributed by atoms with Crippen LogP contribution >= 0.6 is 0 Å². The fourth-order valence-corrected chi connectivity index (χ4v) is 4.52. The number of ketones is 1. The second kappa shape index (κ2) is 8.59. The third-order valence-electron chi connectivity index (χ3n) is 6.74. The monoisotopic (exact) mass is 379 g/mol. The molecule has 2 aromatic carbocycles. The summed E-state index contributed by atoms with van der Waals surface area (Å²) in [6.45, 7) is 10.9. The van der Waals surface area contributed by atoms with Gasteiger partial charge in [-0.3, -0.25) is 4.79 Å². The first-order valence-electron chi connectivity index (χ1n) is 10.3. The Morgan fingerprint density at radius 2 is 1.93 bits per heavy atom. The fourth-order valence-electron chi connectivity index (χ4n) is 4.52. The van der Waals surface area contributed by atoms with Crippen molar-refractivity contribution in [3.05, 3.63) is 71.3 Å². The Bertz CT molecular complexity index is 803. The number of piperidine rings is 1. The summed E-state index contributed by atoms with van der Waals surface area (Å²) in [5, 5.41) is 10.8. The Morgan fingerprint density at radius 1 is 1.21 bits per heavy atom. The van der Waals surface area contributed by atoms with Crippen molar-refractivity contribution in [3.8, 4) is 0 Å². The van der Waals surface area contributed by atoms with Crippen molar-refractivity contribution in [2.45, 2.75) is 45.6 Å². The van der Waals surface area contributed by atoms with E-state index in [1.54, 1.807) is 6.92 Å². The van der Waals surface area contributed by atoms with Crippen molar-refractivity contribution in [2.75, 3.05) is 19.6 Å². The van der Waals surface area contributed by atoms with Crippen molar-refractivity contribution in [1.82, 2.24) is 4.90 Å². The number of likely N-dealkylation sites (tertiary alicyclic amines) is 1. The van der Waals surface area contributed by atoms with E-state index >= 15 is 0 Å². The predicted molar refractivity (Wildman–Crippen MR) is 114 cm³/mol. The maximum absolute atomic E-state index is 12.3. The highest BCUT2D eigenvalue weighted by atomic mass is 16.3. The highest BCUT2D eigenvalue weighted by Gasteiger charge is 2.39. The molecule has 1 N–H and O–H groups in total. The predicted octanol–water partition coefficient (Wildman–Crippen LogP) is 4.53. The number of aliphatic hydroxyl groups is 1. The second-order valence-electron chi connectivity index (χ2n) is 8.77. The molecule has 1 aliphatic rings. The number of carbonyl (C=O) groups excluding carboxylic acids is 1. The van der Waals surface area contributed by atoms with Gasteiger partial charge in [0.25, 0.3) is 0 Å². The first-order chi connectivity index (χ1) is 13.3. The first-order valence-corrected chi connectivity index (χ1v) is 10.3. The zero-order valence-corrected chi connectivity index (χ0v) is 17.6. The third kappa shape index (κ3) is 4.37. The van der Waals surface area contributed by atoms with Crippen LogP contribution in [0, 0.1) is 18.8 Å². The topological polar surface area (TPSA) is 40.5 Å². The maximum atomic E-state index is 12.3. The molecule has 3 heteroatoms. The Hall–Kier alpha value is -1.97. The molecule has 0 aliphatic carbocycles. The minimum absolute atomic E-state index is 0.0519. The molecule has 1 heterocycles. The highest BCUT2D eigenvalue weighted by Crippen LogP contribution is 2.40. The largest absolute Gasteiger partial charge is 0.388 e. The van der Waals surface area contributed by atoms with E-state index in [0.29, 0.717) is 12.5 Å². The van der Waals surface area contributed by atoms with Gasteiger partial charge in [-0.05, 0) is 49.3 Å². The molecule has 0 unspecified atom stereocenters. The Balaban J connectivity index is 1.71. The average Bonchev–Trinajstić information content (AvgIpc) is 2.69. The average molecular weight is 380 g/mol. The van der Waals surface area contributed by atoms with Gasteiger partial charge < -0.3 is 10.0 Å². The summed E-state index contributed by atoms with van der Waals surface area (Å²) in [6, 6.07) is 18.4. The normalized spacial score (nSPS) is 25.2. The molecule has 0 saturated carbocycles. The van der Waals surface area contributed by atoms with Crippen LogP contribution in [0.4, 0.5) is 0 Å². The maximum Gasteiger partial charge on any atom is 0.137 e. The van der Waals surface area contributed by atoms with Crippen LogP contribution in [0.3, 0.4) is 0 Å². The molecule has 150 valence electrons. The summed E-state index contributed by atoms with van der Waals surface area (Å²) in [7, 11) is 0. The van der Waals surface area contributed by atoms with Gasteiger partial charge >= 0.3 is 0 Å². The quantitative estimate of drug-likeness (QED) is 0.801. The summed E-state index contributed by atoms with van der Waals surface area (Å²) < 4.78 is 0. The molecule has 1 saturated heterocycles. The van der Waals surface area contributed by atoms with Crippen LogP contribution in [0.25, 0.3) is 0 Å². The summed E-state index contributed by atoms with van der Waals surface area (Å²) in [6.07, 6.45) is 0.308. The van der Waals surface area contributed by atoms with Crippen LogP contribution in [-0.4, -0.2) is 35.4 Å². The molecule has 2 aromatic rings. The van der Waals surface area contributed by atoms with Crippen LogP contribution in [0.5, 0.6) is 0 Å². The van der Waals surface area contributed by atoms with Crippen LogP contribution in [0.15, 0.2) is 54.6 Å². The lowest BCUT2D eigenvalue weighted by Crippen LogP contribution is -2.49. The second-order valence-corrected chi connectivity index (χ2v) is 8.77. The molecule has 3 rings (SSSR count). The van der Waals surface area contributed by atoms with E-state index in [1.165, 1.54) is 11.1 Å². The van der Waals surface area contributed by atoms with Crippen LogP contribution in [0.2, 0.25) is 0 Å². The van der Waals surface area contributed by atoms with E-state index in [0.717, 1.165) is 25.1 Å². The lowest BCUT2D eigenvalue weighted by molar-refractivity contribution is -0.125. The summed E-state index contributed by atoms with van der Waals surface area (Å²) in [5.41, 5.74) is 3.67. The summed E-state index contributed by atoms with van der Waals surface area (Å²) in [4.78, 5) is 14.7. The number of Topliss-reactive ketones (excluding diaryl/α,β-unsaturated/α-hetero) is 1. The molecule has 0 amide bonds. The van der Waals surface area contributed by atoms with Crippen LogP contribution in [0.1, 0.15) is 50.0 Å². The highest BCUT2D eigenvalue weighted by molar-refractivity contribution is 5.79. The van der Waals surface area contributed by atoms with E-state index in [1.807, 2.05) is 30.3 Å². The van der Waals surface area contributed by atoms with E-state index in [4.69, 9.17) is 0 Å². The van der Waals surface area contributed by atoms with Crippen molar-refractivity contribution in [3.63, 3.8) is 0 Å². The molecular formula is C25H33NO2. The number of aliphatic hydroxyl groups excluding tert-OH is 1. The number of hydrogen-bond donors (Lipinski definition) is 1. The lowest BCUT2D eigenvalue weighted by atomic mass is 9.67. The van der Waals surface area contributed by atoms with Crippen molar-refractivity contribution in [2.24, 2.45) is 11.8 Å². The summed E-state index contributed by atoms with van der Waals surface area (Å²) >= 11 is 0. The molecule has 0 aromatic heterocycles. The van der Waals surface area contributed by atoms with Gasteiger partial charge in [-0.25, -0.2) is 0 Å². The van der Waals surface area contributed by atoms with Crippen LogP contribution in [-0.2, 0) is 10.2 Å². The van der Waals surface area contributed by atoms with Gasteiger partial charge in [0.1, 0.15) is 5.78 Å². The molecule has 1 fully saturated rings. The standard InChI is InChI=1S/C25H33NO2/c1-18-9-8-12-22(15-18)25(4)13-14-26(16-19(25)2)17-23(20(3)27)24(28)21-10-6-5-7-11-21/h5-12,15,19,23-24,28H,13-14,16-17H2,1-4H3/t19-,23-,24-,25+/m0/s1. The minimum Gasteiger partial charge on any atom is -0.388 e. The van der Waals surface area contributed by atoms with Gasteiger partial charge in [0, 0.05) is 13.1 Å². The van der Waals surface area contributed by atoms with Gasteiger partial charge in [-0.2, -0.15) is 0 Å². The lowest BCUT2D eigenvalue weighted by Gasteiger charge is -2.46. The Morgan fingerprint density at radius 3 is 2.54 bits per heavy atom. The fraction of sp³-hybridized carbons (Fsp3) is 0.480. The molecule has 4 atom stereocenters. The number of aryl methyl sites for hydroxylation is 1. The number of carbonyl (C=O) groups is 1. The zero-order chi connectivity index (χ0) is 20.3. The zero-order valence-electron chi connectivity index (χ0n) is 17.6. The van der Waals surface area contributed by atoms with Crippen LogP contribution < -0.4 is 0 Å². The number of hydrogen-bond acceptors (Lipinski definition) is 3. The molecule has 28 heavy (non-hydrogen) atoms. The van der Waals surface area contributed by atoms with Gasteiger partial charge in [0.15, 0.2) is 0 Å². The van der Waals surface area contributed by atoms with Gasteiger partial charge in [0.2, 0.25) is 0 Å². The minimum atomic E-state index is -0.751. The van der Waals surface area contributed by atoms with Gasteiger partial charge in [-0.1, -0.05) is 74.0 Å². The van der Waals surface area contributed by atoms with Crippen molar-refractivity contribution < 1.29 is 9.90 Å². The van der Waals surface area contributed by atoms with E-state index < -0.39 is 12.0 Å². The number of benzene rings is 2. The first kappa shape index (κ1) is 20.8. The molecule has 0 bridgehead atoms. The van der Waals surface area contributed by atoms with Gasteiger partial charge in [-0.15, -0.1) is 0 Å². The van der Waals surface area contributed by atoms with E-state index in [2.05, 4.69) is 49.9 Å². The molecule has 3 nitrogen and oxygen atoms in total. The third-order valence-corrected chi connectivity index (χ3v) is 6.74. The number of rotatable bonds is 6. The molecule has 0 spiro atoms.